The number of hydrogen-bond acceptors (Lipinski definition) is 4. The van der Waals surface area contributed by atoms with Crippen LogP contribution in [0.25, 0.3) is 0 Å². The first-order valence-corrected chi connectivity index (χ1v) is 9.13. The minimum Gasteiger partial charge on any atom is -0.197 e. The molecule has 0 aliphatic carbocycles. The molecule has 0 saturated carbocycles. The number of halogens is 3. The Bertz CT molecular complexity index is 922. The lowest BCUT2D eigenvalue weighted by Crippen LogP contribution is -2.03. The molecule has 1 atom stereocenters. The standard InChI is InChI=1S/C18H10Cl3N3S/c19-11-1-4-13(5-2-11)25-18-8-7-17(23-24-18)15(10-22)14-6-3-12(20)9-16(14)21/h1-9,15H. The summed E-state index contributed by atoms with van der Waals surface area (Å²) in [5.74, 6) is -0.605. The van der Waals surface area contributed by atoms with Crippen LogP contribution < -0.4 is 0 Å². The molecule has 0 fully saturated rings. The van der Waals surface area contributed by atoms with Gasteiger partial charge in [-0.1, -0.05) is 52.6 Å². The summed E-state index contributed by atoms with van der Waals surface area (Å²) in [5, 5.41) is 20.3. The first-order chi connectivity index (χ1) is 12.1. The van der Waals surface area contributed by atoms with Gasteiger partial charge in [-0.05, 0) is 54.1 Å². The molecule has 0 amide bonds. The summed E-state index contributed by atoms with van der Waals surface area (Å²) in [6.45, 7) is 0. The molecule has 3 aromatic rings. The van der Waals surface area contributed by atoms with Gasteiger partial charge in [-0.3, -0.25) is 0 Å². The molecule has 124 valence electrons. The van der Waals surface area contributed by atoms with Crippen molar-refractivity contribution in [3.63, 3.8) is 0 Å². The van der Waals surface area contributed by atoms with Gasteiger partial charge in [0.05, 0.1) is 11.8 Å². The summed E-state index contributed by atoms with van der Waals surface area (Å²) in [5.41, 5.74) is 1.19. The molecule has 0 radical (unpaired) electrons. The molecule has 0 aliphatic heterocycles. The van der Waals surface area contributed by atoms with Crippen LogP contribution in [-0.4, -0.2) is 10.2 Å². The van der Waals surface area contributed by atoms with E-state index in [1.807, 2.05) is 30.3 Å². The monoisotopic (exact) mass is 405 g/mol. The van der Waals surface area contributed by atoms with Crippen molar-refractivity contribution >= 4 is 46.6 Å². The van der Waals surface area contributed by atoms with Crippen molar-refractivity contribution in [2.45, 2.75) is 15.8 Å². The second-order valence-electron chi connectivity index (χ2n) is 5.08. The third kappa shape index (κ3) is 4.45. The molecule has 25 heavy (non-hydrogen) atoms. The van der Waals surface area contributed by atoms with Crippen LogP contribution in [-0.2, 0) is 0 Å². The molecule has 1 unspecified atom stereocenters. The fraction of sp³-hybridized carbons (Fsp3) is 0.0556. The van der Waals surface area contributed by atoms with Crippen molar-refractivity contribution < 1.29 is 0 Å². The van der Waals surface area contributed by atoms with Crippen LogP contribution in [0.4, 0.5) is 0 Å². The summed E-state index contributed by atoms with van der Waals surface area (Å²) >= 11 is 19.5. The van der Waals surface area contributed by atoms with Crippen LogP contribution >= 0.6 is 46.6 Å². The largest absolute Gasteiger partial charge is 0.197 e. The van der Waals surface area contributed by atoms with Gasteiger partial charge >= 0.3 is 0 Å². The lowest BCUT2D eigenvalue weighted by molar-refractivity contribution is 0.837. The van der Waals surface area contributed by atoms with Crippen LogP contribution in [0, 0.1) is 11.3 Å². The van der Waals surface area contributed by atoms with Gasteiger partial charge in [0.25, 0.3) is 0 Å². The Morgan fingerprint density at radius 2 is 1.60 bits per heavy atom. The second kappa shape index (κ2) is 8.07. The molecule has 2 aromatic carbocycles. The zero-order valence-electron chi connectivity index (χ0n) is 12.7. The predicted octanol–water partition coefficient (Wildman–Crippen LogP) is 6.24. The lowest BCUT2D eigenvalue weighted by Gasteiger charge is -2.11. The fourth-order valence-electron chi connectivity index (χ4n) is 2.19. The Labute approximate surface area is 164 Å². The Balaban J connectivity index is 1.83. The number of nitrogens with zero attached hydrogens (tertiary/aromatic N) is 3. The van der Waals surface area contributed by atoms with Crippen LogP contribution in [0.5, 0.6) is 0 Å². The minimum atomic E-state index is -0.605. The van der Waals surface area contributed by atoms with Crippen LogP contribution in [0.3, 0.4) is 0 Å². The van der Waals surface area contributed by atoms with Crippen molar-refractivity contribution in [3.05, 3.63) is 80.9 Å². The summed E-state index contributed by atoms with van der Waals surface area (Å²) in [4.78, 5) is 1.00. The fourth-order valence-corrected chi connectivity index (χ4v) is 3.57. The quantitative estimate of drug-likeness (QED) is 0.514. The first-order valence-electron chi connectivity index (χ1n) is 7.18. The Morgan fingerprint density at radius 3 is 2.20 bits per heavy atom. The van der Waals surface area contributed by atoms with Gasteiger partial charge in [0.2, 0.25) is 0 Å². The van der Waals surface area contributed by atoms with E-state index in [0.29, 0.717) is 26.3 Å². The highest BCUT2D eigenvalue weighted by molar-refractivity contribution is 7.99. The summed E-state index contributed by atoms with van der Waals surface area (Å²) in [7, 11) is 0. The molecule has 0 bridgehead atoms. The molecule has 0 aliphatic rings. The van der Waals surface area contributed by atoms with Crippen LogP contribution in [0.15, 0.2) is 64.5 Å². The van der Waals surface area contributed by atoms with Gasteiger partial charge in [-0.2, -0.15) is 10.4 Å². The van der Waals surface area contributed by atoms with E-state index >= 15 is 0 Å². The summed E-state index contributed by atoms with van der Waals surface area (Å²) in [6.07, 6.45) is 0. The highest BCUT2D eigenvalue weighted by Gasteiger charge is 2.19. The lowest BCUT2D eigenvalue weighted by atomic mass is 9.97. The van der Waals surface area contributed by atoms with E-state index in [9.17, 15) is 5.26 Å². The highest BCUT2D eigenvalue weighted by Crippen LogP contribution is 2.32. The van der Waals surface area contributed by atoms with Crippen LogP contribution in [0.1, 0.15) is 17.2 Å². The van der Waals surface area contributed by atoms with E-state index in [-0.39, 0.29) is 0 Å². The third-order valence-electron chi connectivity index (χ3n) is 3.40. The molecule has 1 heterocycles. The average Bonchev–Trinajstić information content (AvgIpc) is 2.61. The van der Waals surface area contributed by atoms with Gasteiger partial charge < -0.3 is 0 Å². The van der Waals surface area contributed by atoms with Crippen molar-refractivity contribution in [3.8, 4) is 6.07 Å². The molecule has 3 nitrogen and oxygen atoms in total. The van der Waals surface area contributed by atoms with Gasteiger partial charge in [0.1, 0.15) is 10.9 Å². The molecule has 3 rings (SSSR count). The Hall–Kier alpha value is -1.77. The molecule has 1 aromatic heterocycles. The zero-order valence-corrected chi connectivity index (χ0v) is 15.7. The molecule has 0 N–H and O–H groups in total. The van der Waals surface area contributed by atoms with E-state index in [1.54, 1.807) is 24.3 Å². The summed E-state index contributed by atoms with van der Waals surface area (Å²) in [6, 6.07) is 18.3. The van der Waals surface area contributed by atoms with E-state index in [0.717, 1.165) is 9.92 Å². The van der Waals surface area contributed by atoms with Crippen LogP contribution in [0.2, 0.25) is 15.1 Å². The van der Waals surface area contributed by atoms with Crippen molar-refractivity contribution in [1.29, 1.82) is 5.26 Å². The number of aromatic nitrogens is 2. The van der Waals surface area contributed by atoms with Crippen molar-refractivity contribution in [2.24, 2.45) is 0 Å². The SMILES string of the molecule is N#CC(c1ccc(Sc2ccc(Cl)cc2)nn1)c1ccc(Cl)cc1Cl. The smallest absolute Gasteiger partial charge is 0.124 e. The van der Waals surface area contributed by atoms with E-state index < -0.39 is 5.92 Å². The maximum Gasteiger partial charge on any atom is 0.124 e. The minimum absolute atomic E-state index is 0.431. The molecular weight excluding hydrogens is 397 g/mol. The zero-order chi connectivity index (χ0) is 17.8. The highest BCUT2D eigenvalue weighted by atomic mass is 35.5. The topological polar surface area (TPSA) is 49.6 Å². The number of rotatable bonds is 4. The third-order valence-corrected chi connectivity index (χ3v) is 5.14. The molecular formula is C18H10Cl3N3S. The van der Waals surface area contributed by atoms with E-state index in [2.05, 4.69) is 16.3 Å². The van der Waals surface area contributed by atoms with Crippen molar-refractivity contribution in [2.75, 3.05) is 0 Å². The maximum atomic E-state index is 9.53. The average molecular weight is 407 g/mol. The normalized spacial score (nSPS) is 11.8. The number of benzene rings is 2. The van der Waals surface area contributed by atoms with Gasteiger partial charge in [0, 0.05) is 20.0 Å². The van der Waals surface area contributed by atoms with Gasteiger partial charge in [-0.15, -0.1) is 5.10 Å². The molecule has 0 spiro atoms. The molecule has 0 saturated heterocycles. The summed E-state index contributed by atoms with van der Waals surface area (Å²) < 4.78 is 0. The first kappa shape index (κ1) is 18.0. The molecule has 7 heteroatoms. The van der Waals surface area contributed by atoms with Crippen molar-refractivity contribution in [1.82, 2.24) is 10.2 Å². The second-order valence-corrected chi connectivity index (χ2v) is 7.45. The predicted molar refractivity (Wildman–Crippen MR) is 102 cm³/mol. The Morgan fingerprint density at radius 1 is 0.880 bits per heavy atom. The van der Waals surface area contributed by atoms with E-state index in [1.165, 1.54) is 11.8 Å². The maximum absolute atomic E-state index is 9.53. The Kier molecular flexibility index (Phi) is 5.82. The number of hydrogen-bond donors (Lipinski definition) is 0. The van der Waals surface area contributed by atoms with E-state index in [4.69, 9.17) is 34.8 Å². The van der Waals surface area contributed by atoms with Gasteiger partial charge in [0.15, 0.2) is 0 Å². The number of nitriles is 1. The van der Waals surface area contributed by atoms with Gasteiger partial charge in [-0.25, -0.2) is 0 Å².